The lowest BCUT2D eigenvalue weighted by molar-refractivity contribution is 0.0478. The van der Waals surface area contributed by atoms with E-state index in [9.17, 15) is 14.7 Å². The van der Waals surface area contributed by atoms with Crippen LogP contribution in [0.5, 0.6) is 5.75 Å². The SMILES string of the molecule is CN1C(=O)c2c(O)c(=O)ccn2N2C3c4ccccc4CCC3CCC12. The van der Waals surface area contributed by atoms with Crippen molar-refractivity contribution in [2.45, 2.75) is 37.9 Å². The van der Waals surface area contributed by atoms with Gasteiger partial charge in [-0.2, -0.15) is 0 Å². The van der Waals surface area contributed by atoms with Crippen molar-refractivity contribution < 1.29 is 9.90 Å². The highest BCUT2D eigenvalue weighted by Crippen LogP contribution is 2.46. The molecule has 1 amide bonds. The maximum absolute atomic E-state index is 12.8. The molecule has 5 rings (SSSR count). The second kappa shape index (κ2) is 5.37. The van der Waals surface area contributed by atoms with Crippen LogP contribution in [0.4, 0.5) is 0 Å². The molecule has 1 fully saturated rings. The molecule has 6 nitrogen and oxygen atoms in total. The Balaban J connectivity index is 1.75. The minimum absolute atomic E-state index is 0.0694. The molecular formula is C20H21N3O3. The van der Waals surface area contributed by atoms with Crippen LogP contribution in [0, 0.1) is 5.92 Å². The van der Waals surface area contributed by atoms with Crippen molar-refractivity contribution >= 4 is 5.91 Å². The molecule has 3 unspecified atom stereocenters. The van der Waals surface area contributed by atoms with Gasteiger partial charge in [0, 0.05) is 19.3 Å². The number of amides is 1. The maximum atomic E-state index is 12.8. The lowest BCUT2D eigenvalue weighted by Gasteiger charge is -2.55. The molecule has 6 heteroatoms. The fourth-order valence-corrected chi connectivity index (χ4v) is 5.00. The molecule has 0 spiro atoms. The maximum Gasteiger partial charge on any atom is 0.277 e. The quantitative estimate of drug-likeness (QED) is 0.788. The molecule has 26 heavy (non-hydrogen) atoms. The number of fused-ring (bicyclic) bond motifs is 7. The third kappa shape index (κ3) is 1.92. The van der Waals surface area contributed by atoms with Crippen molar-refractivity contribution in [1.82, 2.24) is 9.58 Å². The first kappa shape index (κ1) is 15.5. The molecule has 2 aliphatic heterocycles. The highest BCUT2D eigenvalue weighted by molar-refractivity contribution is 5.96. The Morgan fingerprint density at radius 2 is 1.88 bits per heavy atom. The van der Waals surface area contributed by atoms with Crippen LogP contribution in [-0.4, -0.2) is 33.8 Å². The minimum atomic E-state index is -0.519. The van der Waals surface area contributed by atoms with Gasteiger partial charge in [0.05, 0.1) is 6.04 Å². The summed E-state index contributed by atoms with van der Waals surface area (Å²) in [5, 5.41) is 12.5. The standard InChI is InChI=1S/C20H21N3O3/c1-21-16-9-8-13-7-6-12-4-2-3-5-14(12)17(13)23(16)22-11-10-15(24)19(25)18(22)20(21)26/h2-5,10-11,13,16-17,25H,6-9H2,1H3. The molecule has 2 aromatic rings. The van der Waals surface area contributed by atoms with Crippen molar-refractivity contribution in [1.29, 1.82) is 0 Å². The van der Waals surface area contributed by atoms with E-state index in [1.165, 1.54) is 17.2 Å². The van der Waals surface area contributed by atoms with Crippen LogP contribution in [0.1, 0.15) is 46.9 Å². The molecule has 0 saturated carbocycles. The lowest BCUT2D eigenvalue weighted by Crippen LogP contribution is -2.64. The van der Waals surface area contributed by atoms with E-state index >= 15 is 0 Å². The summed E-state index contributed by atoms with van der Waals surface area (Å²) in [4.78, 5) is 26.4. The zero-order valence-electron chi connectivity index (χ0n) is 14.6. The van der Waals surface area contributed by atoms with Gasteiger partial charge in [0.25, 0.3) is 5.91 Å². The van der Waals surface area contributed by atoms with E-state index in [4.69, 9.17) is 0 Å². The van der Waals surface area contributed by atoms with Crippen LogP contribution in [0.2, 0.25) is 0 Å². The molecule has 1 aliphatic carbocycles. The third-order valence-electron chi connectivity index (χ3n) is 6.26. The fraction of sp³-hybridized carbons (Fsp3) is 0.400. The summed E-state index contributed by atoms with van der Waals surface area (Å²) in [6, 6.07) is 9.96. The average Bonchev–Trinajstić information content (AvgIpc) is 2.67. The number of piperidine rings is 1. The number of hydrogen-bond donors (Lipinski definition) is 1. The normalized spacial score (nSPS) is 26.7. The number of aromatic nitrogens is 1. The molecule has 0 bridgehead atoms. The number of carbonyl (C=O) groups excluding carboxylic acids is 1. The second-order valence-corrected chi connectivity index (χ2v) is 7.52. The molecule has 0 radical (unpaired) electrons. The molecule has 1 aromatic carbocycles. The highest BCUT2D eigenvalue weighted by atomic mass is 16.3. The van der Waals surface area contributed by atoms with Crippen molar-refractivity contribution in [3.05, 3.63) is 63.6 Å². The van der Waals surface area contributed by atoms with Gasteiger partial charge in [-0.1, -0.05) is 24.3 Å². The largest absolute Gasteiger partial charge is 0.502 e. The molecule has 134 valence electrons. The molecule has 3 atom stereocenters. The second-order valence-electron chi connectivity index (χ2n) is 7.52. The number of benzene rings is 1. The van der Waals surface area contributed by atoms with E-state index in [0.717, 1.165) is 25.7 Å². The van der Waals surface area contributed by atoms with Crippen molar-refractivity contribution in [3.8, 4) is 5.75 Å². The molecule has 1 aromatic heterocycles. The van der Waals surface area contributed by atoms with Gasteiger partial charge >= 0.3 is 0 Å². The summed E-state index contributed by atoms with van der Waals surface area (Å²) >= 11 is 0. The van der Waals surface area contributed by atoms with Crippen LogP contribution in [0.3, 0.4) is 0 Å². The highest BCUT2D eigenvalue weighted by Gasteiger charge is 2.47. The summed E-state index contributed by atoms with van der Waals surface area (Å²) in [6.07, 6.45) is 5.70. The first-order valence-electron chi connectivity index (χ1n) is 9.16. The summed E-state index contributed by atoms with van der Waals surface area (Å²) in [5.74, 6) is -0.268. The van der Waals surface area contributed by atoms with E-state index in [1.807, 2.05) is 0 Å². The Morgan fingerprint density at radius 1 is 1.08 bits per heavy atom. The number of rotatable bonds is 0. The number of carbonyl (C=O) groups is 1. The number of aryl methyl sites for hydroxylation is 1. The summed E-state index contributed by atoms with van der Waals surface area (Å²) in [7, 11) is 1.76. The Morgan fingerprint density at radius 3 is 2.73 bits per heavy atom. The monoisotopic (exact) mass is 351 g/mol. The summed E-state index contributed by atoms with van der Waals surface area (Å²) in [6.45, 7) is 0. The van der Waals surface area contributed by atoms with Crippen LogP contribution >= 0.6 is 0 Å². The van der Waals surface area contributed by atoms with Gasteiger partial charge in [-0.25, -0.2) is 0 Å². The average molecular weight is 351 g/mol. The zero-order valence-corrected chi connectivity index (χ0v) is 14.6. The Labute approximate surface area is 151 Å². The van der Waals surface area contributed by atoms with E-state index in [-0.39, 0.29) is 23.8 Å². The lowest BCUT2D eigenvalue weighted by atomic mass is 9.74. The smallest absolute Gasteiger partial charge is 0.277 e. The van der Waals surface area contributed by atoms with Gasteiger partial charge in [0.2, 0.25) is 5.43 Å². The third-order valence-corrected chi connectivity index (χ3v) is 6.26. The van der Waals surface area contributed by atoms with Crippen LogP contribution in [0.25, 0.3) is 0 Å². The topological polar surface area (TPSA) is 65.8 Å². The van der Waals surface area contributed by atoms with E-state index < -0.39 is 11.2 Å². The fourth-order valence-electron chi connectivity index (χ4n) is 5.00. The Kier molecular flexibility index (Phi) is 3.20. The number of hydrogen-bond acceptors (Lipinski definition) is 4. The minimum Gasteiger partial charge on any atom is -0.502 e. The Hall–Kier alpha value is -2.76. The van der Waals surface area contributed by atoms with Crippen LogP contribution in [0.15, 0.2) is 41.3 Å². The van der Waals surface area contributed by atoms with Crippen molar-refractivity contribution in [2.75, 3.05) is 12.1 Å². The molecule has 1 N–H and O–H groups in total. The van der Waals surface area contributed by atoms with Gasteiger partial charge < -0.3 is 10.0 Å². The number of nitrogens with zero attached hydrogens (tertiary/aromatic N) is 3. The predicted octanol–water partition coefficient (Wildman–Crippen LogP) is 2.00. The molecule has 3 aliphatic rings. The van der Waals surface area contributed by atoms with Gasteiger partial charge in [-0.15, -0.1) is 0 Å². The van der Waals surface area contributed by atoms with Gasteiger partial charge in [-0.3, -0.25) is 19.3 Å². The van der Waals surface area contributed by atoms with Gasteiger partial charge in [0.15, 0.2) is 11.4 Å². The molecule has 3 heterocycles. The van der Waals surface area contributed by atoms with Gasteiger partial charge in [-0.05, 0) is 42.7 Å². The predicted molar refractivity (Wildman–Crippen MR) is 96.7 cm³/mol. The number of aromatic hydroxyl groups is 1. The van der Waals surface area contributed by atoms with Crippen LogP contribution in [-0.2, 0) is 6.42 Å². The van der Waals surface area contributed by atoms with E-state index in [2.05, 4.69) is 29.3 Å². The van der Waals surface area contributed by atoms with Gasteiger partial charge in [0.1, 0.15) is 6.17 Å². The summed E-state index contributed by atoms with van der Waals surface area (Å²) < 4.78 is 1.72. The number of pyridine rings is 1. The van der Waals surface area contributed by atoms with E-state index in [0.29, 0.717) is 5.92 Å². The first-order chi connectivity index (χ1) is 12.6. The summed E-state index contributed by atoms with van der Waals surface area (Å²) in [5.41, 5.74) is 2.19. The Bertz CT molecular complexity index is 967. The van der Waals surface area contributed by atoms with Crippen molar-refractivity contribution in [2.24, 2.45) is 5.92 Å². The zero-order chi connectivity index (χ0) is 18.0. The first-order valence-corrected chi connectivity index (χ1v) is 9.16. The molecule has 1 saturated heterocycles. The van der Waals surface area contributed by atoms with E-state index in [1.54, 1.807) is 22.8 Å². The van der Waals surface area contributed by atoms with Crippen LogP contribution < -0.4 is 10.4 Å². The molecular weight excluding hydrogens is 330 g/mol. The van der Waals surface area contributed by atoms with Crippen molar-refractivity contribution in [3.63, 3.8) is 0 Å².